The van der Waals surface area contributed by atoms with E-state index in [4.69, 9.17) is 9.47 Å². The number of carbonyl (C=O) groups is 2. The number of nitro benzene ring substituents is 1. The van der Waals surface area contributed by atoms with Crippen molar-refractivity contribution >= 4 is 17.6 Å². The fourth-order valence-electron chi connectivity index (χ4n) is 1.41. The third-order valence-corrected chi connectivity index (χ3v) is 2.43. The normalized spacial score (nSPS) is 11.3. The zero-order chi connectivity index (χ0) is 15.8. The number of carbonyl (C=O) groups excluding carboxylic acids is 2. The molecule has 114 valence electrons. The molecule has 0 bridgehead atoms. The quantitative estimate of drug-likeness (QED) is 0.457. The summed E-state index contributed by atoms with van der Waals surface area (Å²) in [6, 6.07) is 5.27. The number of nitrogens with one attached hydrogen (secondary N) is 1. The van der Waals surface area contributed by atoms with E-state index in [9.17, 15) is 19.7 Å². The smallest absolute Gasteiger partial charge is 0.344 e. The number of nitrogens with zero attached hydrogens (tertiary/aromatic N) is 1. The van der Waals surface area contributed by atoms with Gasteiger partial charge in [0.15, 0.2) is 12.7 Å². The van der Waals surface area contributed by atoms with E-state index in [1.54, 1.807) is 6.92 Å². The van der Waals surface area contributed by atoms with Crippen LogP contribution in [-0.4, -0.2) is 36.1 Å². The molecule has 8 heteroatoms. The summed E-state index contributed by atoms with van der Waals surface area (Å²) >= 11 is 0. The van der Waals surface area contributed by atoms with Crippen LogP contribution in [0.15, 0.2) is 24.3 Å². The van der Waals surface area contributed by atoms with Gasteiger partial charge in [-0.15, -0.1) is 0 Å². The van der Waals surface area contributed by atoms with Gasteiger partial charge in [0.2, 0.25) is 0 Å². The van der Waals surface area contributed by atoms with E-state index in [1.807, 2.05) is 0 Å². The average Bonchev–Trinajstić information content (AvgIpc) is 2.45. The van der Waals surface area contributed by atoms with E-state index in [1.165, 1.54) is 31.2 Å². The van der Waals surface area contributed by atoms with E-state index < -0.39 is 17.0 Å². The first-order chi connectivity index (χ1) is 9.93. The lowest BCUT2D eigenvalue weighted by atomic mass is 10.3. The predicted molar refractivity (Wildman–Crippen MR) is 72.8 cm³/mol. The van der Waals surface area contributed by atoms with Crippen molar-refractivity contribution in [2.75, 3.05) is 13.2 Å². The number of likely N-dealkylation sites (N-methyl/N-ethyl adjacent to an activating group) is 1. The highest BCUT2D eigenvalue weighted by molar-refractivity contribution is 5.83. The molecule has 0 aromatic heterocycles. The highest BCUT2D eigenvalue weighted by Crippen LogP contribution is 2.17. The Kier molecular flexibility index (Phi) is 6.12. The number of amides is 1. The maximum Gasteiger partial charge on any atom is 0.344 e. The van der Waals surface area contributed by atoms with Crippen LogP contribution in [0, 0.1) is 10.1 Å². The molecule has 8 nitrogen and oxygen atoms in total. The van der Waals surface area contributed by atoms with Crippen LogP contribution in [-0.2, 0) is 14.3 Å². The van der Waals surface area contributed by atoms with Gasteiger partial charge in [-0.25, -0.2) is 4.79 Å². The summed E-state index contributed by atoms with van der Waals surface area (Å²) in [7, 11) is 0. The zero-order valence-electron chi connectivity index (χ0n) is 11.7. The standard InChI is InChI=1S/C13H16N2O6/c1-3-14-13(17)9(2)21-12(16)8-20-11-6-4-10(5-7-11)15(18)19/h4-7,9H,3,8H2,1-2H3,(H,14,17)/t9-/m0/s1. The number of hydrogen-bond acceptors (Lipinski definition) is 6. The van der Waals surface area contributed by atoms with Gasteiger partial charge in [0.25, 0.3) is 11.6 Å². The van der Waals surface area contributed by atoms with Gasteiger partial charge in [0.05, 0.1) is 4.92 Å². The molecule has 1 aromatic rings. The minimum atomic E-state index is -0.905. The third-order valence-electron chi connectivity index (χ3n) is 2.43. The molecule has 0 aliphatic heterocycles. The number of non-ortho nitro benzene ring substituents is 1. The molecule has 0 radical (unpaired) electrons. The maximum atomic E-state index is 11.5. The minimum Gasteiger partial charge on any atom is -0.482 e. The molecule has 0 heterocycles. The fourth-order valence-corrected chi connectivity index (χ4v) is 1.41. The number of benzene rings is 1. The largest absolute Gasteiger partial charge is 0.482 e. The van der Waals surface area contributed by atoms with Gasteiger partial charge < -0.3 is 14.8 Å². The Balaban J connectivity index is 2.42. The van der Waals surface area contributed by atoms with Gasteiger partial charge in [-0.1, -0.05) is 0 Å². The summed E-state index contributed by atoms with van der Waals surface area (Å²) in [5.41, 5.74) is -0.0743. The van der Waals surface area contributed by atoms with E-state index in [0.717, 1.165) is 0 Å². The van der Waals surface area contributed by atoms with Gasteiger partial charge in [-0.05, 0) is 26.0 Å². The lowest BCUT2D eigenvalue weighted by molar-refractivity contribution is -0.384. The van der Waals surface area contributed by atoms with Crippen LogP contribution < -0.4 is 10.1 Å². The van der Waals surface area contributed by atoms with Crippen molar-refractivity contribution < 1.29 is 24.0 Å². The summed E-state index contributed by atoms with van der Waals surface area (Å²) in [5.74, 6) is -0.795. The first-order valence-electron chi connectivity index (χ1n) is 6.28. The molecule has 1 rings (SSSR count). The minimum absolute atomic E-state index is 0.0743. The van der Waals surface area contributed by atoms with Crippen molar-refractivity contribution in [3.8, 4) is 5.75 Å². The predicted octanol–water partition coefficient (Wildman–Crippen LogP) is 1.04. The van der Waals surface area contributed by atoms with Crippen molar-refractivity contribution in [3.63, 3.8) is 0 Å². The number of esters is 1. The molecule has 1 aromatic carbocycles. The molecular weight excluding hydrogens is 280 g/mol. The average molecular weight is 296 g/mol. The SMILES string of the molecule is CCNC(=O)[C@H](C)OC(=O)COc1ccc([N+](=O)[O-])cc1. The number of ether oxygens (including phenoxy) is 2. The van der Waals surface area contributed by atoms with Gasteiger partial charge in [-0.2, -0.15) is 0 Å². The lowest BCUT2D eigenvalue weighted by Gasteiger charge is -2.13. The first kappa shape index (κ1) is 16.4. The monoisotopic (exact) mass is 296 g/mol. The molecular formula is C13H16N2O6. The molecule has 1 N–H and O–H groups in total. The van der Waals surface area contributed by atoms with Crippen molar-refractivity contribution in [2.45, 2.75) is 20.0 Å². The Hall–Kier alpha value is -2.64. The molecule has 0 spiro atoms. The Bertz CT molecular complexity index is 514. The van der Waals surface area contributed by atoms with E-state index >= 15 is 0 Å². The molecule has 0 saturated carbocycles. The van der Waals surface area contributed by atoms with Gasteiger partial charge >= 0.3 is 5.97 Å². The molecule has 0 aliphatic rings. The van der Waals surface area contributed by atoms with Crippen LogP contribution in [0.25, 0.3) is 0 Å². The highest BCUT2D eigenvalue weighted by Gasteiger charge is 2.17. The third kappa shape index (κ3) is 5.47. The first-order valence-corrected chi connectivity index (χ1v) is 6.28. The second kappa shape index (κ2) is 7.83. The number of rotatable bonds is 7. The number of hydrogen-bond donors (Lipinski definition) is 1. The topological polar surface area (TPSA) is 108 Å². The van der Waals surface area contributed by atoms with Crippen molar-refractivity contribution in [3.05, 3.63) is 34.4 Å². The second-order valence-corrected chi connectivity index (χ2v) is 4.07. The van der Waals surface area contributed by atoms with Gasteiger partial charge in [0, 0.05) is 18.7 Å². The number of nitro groups is 1. The summed E-state index contributed by atoms with van der Waals surface area (Å²) in [4.78, 5) is 32.8. The van der Waals surface area contributed by atoms with E-state index in [-0.39, 0.29) is 18.2 Å². The maximum absolute atomic E-state index is 11.5. The fraction of sp³-hybridized carbons (Fsp3) is 0.385. The van der Waals surface area contributed by atoms with Crippen LogP contribution >= 0.6 is 0 Å². The van der Waals surface area contributed by atoms with Crippen molar-refractivity contribution in [1.82, 2.24) is 5.32 Å². The van der Waals surface area contributed by atoms with E-state index in [2.05, 4.69) is 5.32 Å². The molecule has 0 aliphatic carbocycles. The molecule has 0 unspecified atom stereocenters. The van der Waals surface area contributed by atoms with Gasteiger partial charge in [0.1, 0.15) is 5.75 Å². The Morgan fingerprint density at radius 3 is 2.48 bits per heavy atom. The molecule has 1 atom stereocenters. The molecule has 0 saturated heterocycles. The highest BCUT2D eigenvalue weighted by atomic mass is 16.6. The van der Waals surface area contributed by atoms with Crippen LogP contribution in [0.3, 0.4) is 0 Å². The summed E-state index contributed by atoms with van der Waals surface area (Å²) in [5, 5.41) is 13.0. The zero-order valence-corrected chi connectivity index (χ0v) is 11.7. The van der Waals surface area contributed by atoms with Crippen LogP contribution in [0.4, 0.5) is 5.69 Å². The van der Waals surface area contributed by atoms with E-state index in [0.29, 0.717) is 12.3 Å². The summed E-state index contributed by atoms with van der Waals surface area (Å²) in [6.07, 6.45) is -0.905. The van der Waals surface area contributed by atoms with Crippen molar-refractivity contribution in [1.29, 1.82) is 0 Å². The second-order valence-electron chi connectivity index (χ2n) is 4.07. The summed E-state index contributed by atoms with van der Waals surface area (Å²) in [6.45, 7) is 3.26. The molecule has 0 fully saturated rings. The van der Waals surface area contributed by atoms with Crippen LogP contribution in [0.5, 0.6) is 5.75 Å². The lowest BCUT2D eigenvalue weighted by Crippen LogP contribution is -2.36. The molecule has 21 heavy (non-hydrogen) atoms. The van der Waals surface area contributed by atoms with Gasteiger partial charge in [-0.3, -0.25) is 14.9 Å². The Morgan fingerprint density at radius 2 is 1.95 bits per heavy atom. The summed E-state index contributed by atoms with van der Waals surface area (Å²) < 4.78 is 9.98. The van der Waals surface area contributed by atoms with Crippen molar-refractivity contribution in [2.24, 2.45) is 0 Å². The Morgan fingerprint density at radius 1 is 1.33 bits per heavy atom. The van der Waals surface area contributed by atoms with Crippen LogP contribution in [0.2, 0.25) is 0 Å². The van der Waals surface area contributed by atoms with Crippen LogP contribution in [0.1, 0.15) is 13.8 Å². The Labute approximate surface area is 121 Å². The molecule has 1 amide bonds.